The molecule has 1 unspecified atom stereocenters. The highest BCUT2D eigenvalue weighted by atomic mass is 19.1. The summed E-state index contributed by atoms with van der Waals surface area (Å²) in [5.74, 6) is -3.72. The summed E-state index contributed by atoms with van der Waals surface area (Å²) >= 11 is 0. The van der Waals surface area contributed by atoms with Gasteiger partial charge in [0.05, 0.1) is 18.7 Å². The Hall–Kier alpha value is -4.07. The summed E-state index contributed by atoms with van der Waals surface area (Å²) in [4.78, 5) is 31.1. The Labute approximate surface area is 182 Å². The molecule has 1 aliphatic rings. The number of amides is 1. The number of halogens is 2. The number of carbonyl (C=O) groups is 2. The average molecular weight is 436 g/mol. The molecule has 1 aliphatic heterocycles. The summed E-state index contributed by atoms with van der Waals surface area (Å²) in [7, 11) is 1.30. The van der Waals surface area contributed by atoms with Gasteiger partial charge in [-0.25, -0.2) is 8.78 Å². The van der Waals surface area contributed by atoms with Gasteiger partial charge in [0.25, 0.3) is 11.7 Å². The predicted octanol–water partition coefficient (Wildman–Crippen LogP) is 3.99. The molecule has 8 heteroatoms. The Morgan fingerprint density at radius 2 is 1.94 bits per heavy atom. The number of benzene rings is 2. The smallest absolute Gasteiger partial charge is 0.295 e. The molecule has 0 radical (unpaired) electrons. The first kappa shape index (κ1) is 21.2. The molecule has 32 heavy (non-hydrogen) atoms. The van der Waals surface area contributed by atoms with E-state index in [-0.39, 0.29) is 23.4 Å². The molecule has 1 atom stereocenters. The first-order valence-corrected chi connectivity index (χ1v) is 9.67. The van der Waals surface area contributed by atoms with Crippen LogP contribution in [0.15, 0.2) is 72.6 Å². The van der Waals surface area contributed by atoms with Gasteiger partial charge in [0.1, 0.15) is 11.6 Å². The maximum Gasteiger partial charge on any atom is 0.295 e. The van der Waals surface area contributed by atoms with Crippen molar-refractivity contribution in [3.05, 3.63) is 101 Å². The Kier molecular flexibility index (Phi) is 5.68. The van der Waals surface area contributed by atoms with E-state index in [9.17, 15) is 23.5 Å². The SMILES string of the molecule is COc1ccc(C(O)=C2C(=O)C(=O)N(Cc3cccnc3)C2c2cccc(F)c2)cc1F. The van der Waals surface area contributed by atoms with Gasteiger partial charge in [0.15, 0.2) is 11.6 Å². The molecular weight excluding hydrogens is 418 g/mol. The molecule has 1 N–H and O–H groups in total. The molecule has 1 aromatic heterocycles. The summed E-state index contributed by atoms with van der Waals surface area (Å²) in [5.41, 5.74) is 0.674. The number of methoxy groups -OCH3 is 1. The molecule has 0 aliphatic carbocycles. The van der Waals surface area contributed by atoms with Crippen molar-refractivity contribution in [3.8, 4) is 5.75 Å². The third-order valence-corrected chi connectivity index (χ3v) is 5.21. The van der Waals surface area contributed by atoms with Gasteiger partial charge in [0, 0.05) is 24.5 Å². The molecule has 3 aromatic rings. The number of ether oxygens (including phenoxy) is 1. The van der Waals surface area contributed by atoms with Crippen molar-refractivity contribution in [2.45, 2.75) is 12.6 Å². The predicted molar refractivity (Wildman–Crippen MR) is 111 cm³/mol. The largest absolute Gasteiger partial charge is 0.507 e. The number of aliphatic hydroxyl groups excluding tert-OH is 1. The van der Waals surface area contributed by atoms with Crippen molar-refractivity contribution in [2.24, 2.45) is 0 Å². The highest BCUT2D eigenvalue weighted by Gasteiger charge is 2.46. The number of carbonyl (C=O) groups excluding carboxylic acids is 2. The van der Waals surface area contributed by atoms with Crippen molar-refractivity contribution in [1.29, 1.82) is 0 Å². The van der Waals surface area contributed by atoms with Gasteiger partial charge >= 0.3 is 0 Å². The lowest BCUT2D eigenvalue weighted by atomic mass is 9.95. The monoisotopic (exact) mass is 436 g/mol. The molecule has 0 saturated carbocycles. The van der Waals surface area contributed by atoms with Crippen molar-refractivity contribution < 1.29 is 28.2 Å². The van der Waals surface area contributed by atoms with Gasteiger partial charge in [-0.1, -0.05) is 18.2 Å². The fourth-order valence-electron chi connectivity index (χ4n) is 3.72. The molecule has 2 aromatic carbocycles. The van der Waals surface area contributed by atoms with Crippen LogP contribution in [0.3, 0.4) is 0 Å². The number of pyridine rings is 1. The van der Waals surface area contributed by atoms with Crippen LogP contribution in [-0.2, 0) is 16.1 Å². The maximum absolute atomic E-state index is 14.2. The van der Waals surface area contributed by atoms with Crippen LogP contribution in [0.4, 0.5) is 8.78 Å². The van der Waals surface area contributed by atoms with Crippen LogP contribution in [0.1, 0.15) is 22.7 Å². The van der Waals surface area contributed by atoms with E-state index >= 15 is 0 Å². The number of aromatic nitrogens is 1. The Morgan fingerprint density at radius 1 is 1.12 bits per heavy atom. The average Bonchev–Trinajstić information content (AvgIpc) is 3.04. The molecule has 0 spiro atoms. The van der Waals surface area contributed by atoms with E-state index < -0.39 is 35.1 Å². The molecule has 2 heterocycles. The molecule has 162 valence electrons. The normalized spacial score (nSPS) is 17.6. The zero-order valence-corrected chi connectivity index (χ0v) is 17.0. The van der Waals surface area contributed by atoms with E-state index in [1.807, 2.05) is 0 Å². The molecule has 4 rings (SSSR count). The Morgan fingerprint density at radius 3 is 2.59 bits per heavy atom. The topological polar surface area (TPSA) is 79.7 Å². The minimum atomic E-state index is -1.07. The number of hydrogen-bond donors (Lipinski definition) is 1. The number of nitrogens with zero attached hydrogens (tertiary/aromatic N) is 2. The summed E-state index contributed by atoms with van der Waals surface area (Å²) in [6.07, 6.45) is 3.11. The quantitative estimate of drug-likeness (QED) is 0.372. The van der Waals surface area contributed by atoms with Crippen LogP contribution in [-0.4, -0.2) is 33.8 Å². The number of hydrogen-bond acceptors (Lipinski definition) is 5. The standard InChI is InChI=1S/C24H18F2N2O4/c1-32-19-8-7-16(11-18(19)26)22(29)20-21(15-5-2-6-17(25)10-15)28(24(31)23(20)30)13-14-4-3-9-27-12-14/h2-12,21,29H,13H2,1H3. The van der Waals surface area contributed by atoms with Crippen LogP contribution >= 0.6 is 0 Å². The maximum atomic E-state index is 14.2. The lowest BCUT2D eigenvalue weighted by Gasteiger charge is -2.25. The minimum absolute atomic E-state index is 0.00729. The fraction of sp³-hybridized carbons (Fsp3) is 0.125. The number of aliphatic hydroxyl groups is 1. The van der Waals surface area contributed by atoms with Crippen molar-refractivity contribution in [1.82, 2.24) is 9.88 Å². The Balaban J connectivity index is 1.87. The van der Waals surface area contributed by atoms with E-state index in [0.29, 0.717) is 11.1 Å². The second-order valence-corrected chi connectivity index (χ2v) is 7.19. The van der Waals surface area contributed by atoms with E-state index in [1.54, 1.807) is 30.6 Å². The van der Waals surface area contributed by atoms with Crippen LogP contribution in [0.5, 0.6) is 5.75 Å². The number of rotatable bonds is 5. The fourth-order valence-corrected chi connectivity index (χ4v) is 3.72. The van der Waals surface area contributed by atoms with Gasteiger partial charge in [-0.3, -0.25) is 14.6 Å². The van der Waals surface area contributed by atoms with Gasteiger partial charge in [-0.15, -0.1) is 0 Å². The van der Waals surface area contributed by atoms with Crippen LogP contribution in [0, 0.1) is 11.6 Å². The number of likely N-dealkylation sites (tertiary alicyclic amines) is 1. The molecular formula is C24H18F2N2O4. The van der Waals surface area contributed by atoms with Gasteiger partial charge < -0.3 is 14.7 Å². The van der Waals surface area contributed by atoms with Crippen molar-refractivity contribution in [2.75, 3.05) is 7.11 Å². The highest BCUT2D eigenvalue weighted by molar-refractivity contribution is 6.46. The Bertz CT molecular complexity index is 1230. The van der Waals surface area contributed by atoms with Crippen LogP contribution in [0.25, 0.3) is 5.76 Å². The second-order valence-electron chi connectivity index (χ2n) is 7.19. The van der Waals surface area contributed by atoms with Crippen LogP contribution in [0.2, 0.25) is 0 Å². The molecule has 1 amide bonds. The molecule has 1 saturated heterocycles. The second kappa shape index (κ2) is 8.58. The zero-order valence-electron chi connectivity index (χ0n) is 17.0. The first-order valence-electron chi connectivity index (χ1n) is 9.67. The molecule has 0 bridgehead atoms. The summed E-state index contributed by atoms with van der Waals surface area (Å²) in [6.45, 7) is 0.00729. The number of Topliss-reactive ketones (excluding diaryl/α,β-unsaturated/α-hetero) is 1. The minimum Gasteiger partial charge on any atom is -0.507 e. The number of ketones is 1. The first-order chi connectivity index (χ1) is 15.4. The third kappa shape index (κ3) is 3.82. The van der Waals surface area contributed by atoms with E-state index in [1.165, 1.54) is 42.3 Å². The lowest BCUT2D eigenvalue weighted by Crippen LogP contribution is -2.29. The summed E-state index contributed by atoms with van der Waals surface area (Å²) in [6, 6.07) is 11.4. The lowest BCUT2D eigenvalue weighted by molar-refractivity contribution is -0.140. The van der Waals surface area contributed by atoms with Gasteiger partial charge in [0.2, 0.25) is 0 Å². The molecule has 6 nitrogen and oxygen atoms in total. The van der Waals surface area contributed by atoms with E-state index in [4.69, 9.17) is 4.74 Å². The highest BCUT2D eigenvalue weighted by Crippen LogP contribution is 2.40. The summed E-state index contributed by atoms with van der Waals surface area (Å²) in [5, 5.41) is 10.9. The van der Waals surface area contributed by atoms with Crippen molar-refractivity contribution >= 4 is 17.4 Å². The van der Waals surface area contributed by atoms with E-state index in [2.05, 4.69) is 4.98 Å². The zero-order chi connectivity index (χ0) is 22.8. The summed E-state index contributed by atoms with van der Waals surface area (Å²) < 4.78 is 33.1. The third-order valence-electron chi connectivity index (χ3n) is 5.21. The van der Waals surface area contributed by atoms with E-state index in [0.717, 1.165) is 6.07 Å². The van der Waals surface area contributed by atoms with Crippen molar-refractivity contribution in [3.63, 3.8) is 0 Å². The molecule has 1 fully saturated rings. The van der Waals surface area contributed by atoms with Crippen LogP contribution < -0.4 is 4.74 Å². The van der Waals surface area contributed by atoms with Gasteiger partial charge in [-0.05, 0) is 47.5 Å². The van der Waals surface area contributed by atoms with Gasteiger partial charge in [-0.2, -0.15) is 0 Å².